The number of hydrogen-bond acceptors (Lipinski definition) is 4. The van der Waals surface area contributed by atoms with Crippen LogP contribution in [0.5, 0.6) is 0 Å². The molecule has 10 rings (SSSR count). The lowest BCUT2D eigenvalue weighted by Gasteiger charge is -2.12. The van der Waals surface area contributed by atoms with Gasteiger partial charge in [0.25, 0.3) is 0 Å². The number of nitrogens with zero attached hydrogens (tertiary/aromatic N) is 4. The highest BCUT2D eigenvalue weighted by Crippen LogP contribution is 2.36. The second-order valence-electron chi connectivity index (χ2n) is 11.8. The second-order valence-corrected chi connectivity index (χ2v) is 11.8. The lowest BCUT2D eigenvalue weighted by Crippen LogP contribution is -2.01. The quantitative estimate of drug-likeness (QED) is 0.186. The highest BCUT2D eigenvalue weighted by atomic mass is 16.3. The fourth-order valence-corrected chi connectivity index (χ4v) is 6.53. The monoisotopic (exact) mass is 649 g/mol. The van der Waals surface area contributed by atoms with Crippen LogP contribution in [-0.4, -0.2) is 19.5 Å². The molecule has 0 unspecified atom stereocenters. The largest absolute Gasteiger partial charge is 0.456 e. The number of para-hydroxylation sites is 2. The molecule has 0 bridgehead atoms. The van der Waals surface area contributed by atoms with E-state index in [1.807, 2.05) is 91.0 Å². The van der Waals surface area contributed by atoms with Gasteiger partial charge in [0.2, 0.25) is 0 Å². The molecule has 234 valence electrons. The van der Waals surface area contributed by atoms with Gasteiger partial charge in [-0.05, 0) is 59.6 Å². The van der Waals surface area contributed by atoms with E-state index in [0.29, 0.717) is 45.2 Å². The summed E-state index contributed by atoms with van der Waals surface area (Å²) in [4.78, 5) is 14.9. The van der Waals surface area contributed by atoms with Crippen molar-refractivity contribution < 1.29 is 16.8 Å². The minimum absolute atomic E-state index is 0.00391. The second kappa shape index (κ2) is 11.4. The van der Waals surface area contributed by atoms with Gasteiger partial charge in [-0.25, -0.2) is 15.0 Å². The lowest BCUT2D eigenvalue weighted by molar-refractivity contribution is 0.669. The first-order valence-corrected chi connectivity index (χ1v) is 16.0. The summed E-state index contributed by atoms with van der Waals surface area (Å²) in [6, 6.07) is 32.0. The van der Waals surface area contributed by atoms with Gasteiger partial charge in [0.15, 0.2) is 17.5 Å². The summed E-state index contributed by atoms with van der Waals surface area (Å²) in [6.45, 7) is 0. The first-order valence-electron chi connectivity index (χ1n) is 20.5. The van der Waals surface area contributed by atoms with Crippen molar-refractivity contribution in [2.24, 2.45) is 0 Å². The van der Waals surface area contributed by atoms with Gasteiger partial charge in [-0.1, -0.05) is 121 Å². The molecule has 0 atom stereocenters. The van der Waals surface area contributed by atoms with Crippen molar-refractivity contribution in [3.05, 3.63) is 170 Å². The van der Waals surface area contributed by atoms with E-state index < -0.39 is 30.2 Å². The summed E-state index contributed by atoms with van der Waals surface area (Å²) in [7, 11) is 0. The smallest absolute Gasteiger partial charge is 0.164 e. The van der Waals surface area contributed by atoms with Gasteiger partial charge in [0.05, 0.1) is 23.4 Å². The van der Waals surface area contributed by atoms with Crippen LogP contribution in [0, 0.1) is 0 Å². The van der Waals surface area contributed by atoms with Crippen LogP contribution < -0.4 is 0 Å². The van der Waals surface area contributed by atoms with E-state index in [-0.39, 0.29) is 40.6 Å². The standard InChI is InChI=1S/C45H28N4O/c1-3-12-29(13-4-1)31-22-24-36-35-18-7-9-20-39(35)49(40(36)28-31)34-17-11-16-32(26-34)44-46-43(30-14-5-2-6-15-30)47-45(48-44)33-23-25-42-38(27-33)37-19-8-10-21-41(37)50-42/h1-28H/i1D,3D,4D,7D,9D,12D,13D,18D,20D. The van der Waals surface area contributed by atoms with E-state index in [1.54, 1.807) is 28.8 Å². The lowest BCUT2D eigenvalue weighted by atomic mass is 10.0. The molecule has 0 saturated heterocycles. The third kappa shape index (κ3) is 4.67. The molecule has 0 aliphatic carbocycles. The van der Waals surface area contributed by atoms with E-state index in [2.05, 4.69) is 0 Å². The molecular formula is C45H28N4O. The summed E-state index contributed by atoms with van der Waals surface area (Å²) < 4.78 is 85.0. The Kier molecular flexibility index (Phi) is 4.67. The number of furan rings is 1. The first kappa shape index (κ1) is 20.5. The minimum atomic E-state index is -0.508. The van der Waals surface area contributed by atoms with E-state index in [4.69, 9.17) is 31.7 Å². The Balaban J connectivity index is 1.21. The summed E-state index contributed by atoms with van der Waals surface area (Å²) >= 11 is 0. The van der Waals surface area contributed by atoms with Crippen molar-refractivity contribution >= 4 is 43.7 Å². The molecule has 0 N–H and O–H groups in total. The maximum absolute atomic E-state index is 9.09. The Hall–Kier alpha value is -6.85. The Morgan fingerprint density at radius 2 is 1.10 bits per heavy atom. The average molecular weight is 650 g/mol. The van der Waals surface area contributed by atoms with Crippen molar-refractivity contribution in [1.29, 1.82) is 0 Å². The van der Waals surface area contributed by atoms with Crippen molar-refractivity contribution in [2.45, 2.75) is 0 Å². The van der Waals surface area contributed by atoms with E-state index in [9.17, 15) is 0 Å². The van der Waals surface area contributed by atoms with Crippen LogP contribution in [0.4, 0.5) is 0 Å². The zero-order chi connectivity index (χ0) is 40.9. The third-order valence-corrected chi connectivity index (χ3v) is 8.85. The topological polar surface area (TPSA) is 56.7 Å². The van der Waals surface area contributed by atoms with Crippen molar-refractivity contribution in [2.75, 3.05) is 0 Å². The molecule has 0 aliphatic rings. The maximum Gasteiger partial charge on any atom is 0.164 e. The van der Waals surface area contributed by atoms with Crippen LogP contribution in [0.3, 0.4) is 0 Å². The van der Waals surface area contributed by atoms with E-state index in [1.165, 1.54) is 0 Å². The molecule has 0 radical (unpaired) electrons. The SMILES string of the molecule is [2H]c1c([2H])c([2H])c(-c2ccc3c4c([2H])c([2H])c([2H])c([2H])c4n(-c4cccc(-c5nc(-c6ccccc6)nc(-c6ccc7oc8ccccc8c7c6)n5)c4)c3c2)c([2H])c1[2H]. The molecule has 0 amide bonds. The van der Waals surface area contributed by atoms with E-state index >= 15 is 0 Å². The average Bonchev–Trinajstić information content (AvgIpc) is 3.82. The Bertz CT molecular complexity index is 3370. The molecule has 50 heavy (non-hydrogen) atoms. The van der Waals surface area contributed by atoms with Gasteiger partial charge >= 0.3 is 0 Å². The molecule has 0 saturated carbocycles. The van der Waals surface area contributed by atoms with Crippen LogP contribution >= 0.6 is 0 Å². The maximum atomic E-state index is 9.09. The fraction of sp³-hybridized carbons (Fsp3) is 0. The molecular weight excluding hydrogens is 613 g/mol. The molecule has 3 heterocycles. The molecule has 7 aromatic carbocycles. The van der Waals surface area contributed by atoms with Crippen molar-refractivity contribution in [3.63, 3.8) is 0 Å². The highest BCUT2D eigenvalue weighted by molar-refractivity contribution is 6.10. The highest BCUT2D eigenvalue weighted by Gasteiger charge is 2.17. The van der Waals surface area contributed by atoms with Crippen LogP contribution in [0.1, 0.15) is 12.3 Å². The van der Waals surface area contributed by atoms with Gasteiger partial charge < -0.3 is 8.98 Å². The number of fused-ring (bicyclic) bond motifs is 6. The first-order chi connectivity index (χ1) is 28.5. The van der Waals surface area contributed by atoms with Crippen LogP contribution in [-0.2, 0) is 0 Å². The van der Waals surface area contributed by atoms with Crippen molar-refractivity contribution in [1.82, 2.24) is 19.5 Å². The van der Waals surface area contributed by atoms with Crippen LogP contribution in [0.15, 0.2) is 174 Å². The zero-order valence-electron chi connectivity index (χ0n) is 35.2. The summed E-state index contributed by atoms with van der Waals surface area (Å²) in [6.07, 6.45) is 0. The molecule has 5 nitrogen and oxygen atoms in total. The molecule has 3 aromatic heterocycles. The number of rotatable bonds is 5. The summed E-state index contributed by atoms with van der Waals surface area (Å²) in [5, 5.41) is 2.65. The molecule has 0 fully saturated rings. The van der Waals surface area contributed by atoms with Gasteiger partial charge in [-0.3, -0.25) is 0 Å². The van der Waals surface area contributed by atoms with Crippen LogP contribution in [0.2, 0.25) is 0 Å². The predicted octanol–water partition coefficient (Wildman–Crippen LogP) is 11.5. The number of benzene rings is 7. The molecule has 5 heteroatoms. The minimum Gasteiger partial charge on any atom is -0.456 e. The fourth-order valence-electron chi connectivity index (χ4n) is 6.53. The van der Waals surface area contributed by atoms with Gasteiger partial charge in [-0.2, -0.15) is 0 Å². The Morgan fingerprint density at radius 3 is 1.96 bits per heavy atom. The Morgan fingerprint density at radius 1 is 0.420 bits per heavy atom. The number of aromatic nitrogens is 4. The summed E-state index contributed by atoms with van der Waals surface area (Å²) in [5.41, 5.74) is 5.11. The number of hydrogen-bond donors (Lipinski definition) is 0. The van der Waals surface area contributed by atoms with Crippen LogP contribution in [0.25, 0.3) is 94.7 Å². The molecule has 0 aliphatic heterocycles. The van der Waals surface area contributed by atoms with Gasteiger partial charge in [-0.15, -0.1) is 0 Å². The molecule has 10 aromatic rings. The Labute approximate surface area is 300 Å². The van der Waals surface area contributed by atoms with E-state index in [0.717, 1.165) is 33.1 Å². The third-order valence-electron chi connectivity index (χ3n) is 8.85. The van der Waals surface area contributed by atoms with Gasteiger partial charge in [0, 0.05) is 43.9 Å². The molecule has 0 spiro atoms. The summed E-state index contributed by atoms with van der Waals surface area (Å²) in [5.74, 6) is 1.23. The zero-order valence-corrected chi connectivity index (χ0v) is 26.2. The normalized spacial score (nSPS) is 14.1. The van der Waals surface area contributed by atoms with Crippen molar-refractivity contribution in [3.8, 4) is 51.0 Å². The predicted molar refractivity (Wildman–Crippen MR) is 203 cm³/mol. The van der Waals surface area contributed by atoms with Gasteiger partial charge in [0.1, 0.15) is 11.2 Å².